The van der Waals surface area contributed by atoms with E-state index in [0.29, 0.717) is 0 Å². The van der Waals surface area contributed by atoms with Gasteiger partial charge < -0.3 is 9.47 Å². The van der Waals surface area contributed by atoms with Crippen LogP contribution in [0.2, 0.25) is 0 Å². The maximum absolute atomic E-state index is 14.0. The van der Waals surface area contributed by atoms with E-state index in [1.54, 1.807) is 34.6 Å². The van der Waals surface area contributed by atoms with Gasteiger partial charge in [0.05, 0.1) is 23.1 Å². The highest BCUT2D eigenvalue weighted by molar-refractivity contribution is 5.71. The summed E-state index contributed by atoms with van der Waals surface area (Å²) in [6, 6.07) is 3.11. The summed E-state index contributed by atoms with van der Waals surface area (Å²) in [6.07, 6.45) is 2.25. The lowest BCUT2D eigenvalue weighted by Gasteiger charge is -2.34. The summed E-state index contributed by atoms with van der Waals surface area (Å²) in [5.41, 5.74) is -2.10. The van der Waals surface area contributed by atoms with Crippen LogP contribution in [0.1, 0.15) is 40.2 Å². The molecule has 1 heterocycles. The van der Waals surface area contributed by atoms with Gasteiger partial charge in [-0.15, -0.1) is 0 Å². The molecule has 142 valence electrons. The molecule has 1 aliphatic heterocycles. The highest BCUT2D eigenvalue weighted by Crippen LogP contribution is 2.31. The first kappa shape index (κ1) is 19.8. The van der Waals surface area contributed by atoms with E-state index >= 15 is 0 Å². The van der Waals surface area contributed by atoms with Crippen molar-refractivity contribution < 1.29 is 23.6 Å². The van der Waals surface area contributed by atoms with E-state index in [2.05, 4.69) is 0 Å². The van der Waals surface area contributed by atoms with Gasteiger partial charge in [-0.3, -0.25) is 15.0 Å². The SMILES string of the molecule is CC(C)(C)OC(=O)N1C(C=Cc2c(F)cccc2[N+](=O)[O-])COC1(C)C. The van der Waals surface area contributed by atoms with Gasteiger partial charge in [-0.05, 0) is 46.8 Å². The number of nitrogens with zero attached hydrogens (tertiary/aromatic N) is 2. The van der Waals surface area contributed by atoms with Crippen LogP contribution in [0.4, 0.5) is 14.9 Å². The van der Waals surface area contributed by atoms with E-state index < -0.39 is 34.2 Å². The van der Waals surface area contributed by atoms with Gasteiger partial charge in [0, 0.05) is 6.07 Å². The molecular weight excluding hydrogens is 343 g/mol. The molecular formula is C18H23FN2O5. The number of carbonyl (C=O) groups excluding carboxylic acids is 1. The van der Waals surface area contributed by atoms with Gasteiger partial charge >= 0.3 is 6.09 Å². The Kier molecular flexibility index (Phi) is 5.36. The first-order valence-corrected chi connectivity index (χ1v) is 8.20. The third-order valence-corrected chi connectivity index (χ3v) is 3.82. The van der Waals surface area contributed by atoms with Crippen LogP contribution in [-0.2, 0) is 9.47 Å². The first-order chi connectivity index (χ1) is 11.9. The standard InChI is InChI=1S/C18H23FN2O5/c1-17(2,3)26-16(22)20-12(11-25-18(20,4)5)9-10-13-14(19)7-6-8-15(13)21(23)24/h6-10,12H,11H2,1-5H3. The predicted octanol–water partition coefficient (Wildman–Crippen LogP) is 4.12. The number of nitro groups is 1. The van der Waals surface area contributed by atoms with Crippen LogP contribution < -0.4 is 0 Å². The van der Waals surface area contributed by atoms with Crippen LogP contribution in [0.5, 0.6) is 0 Å². The van der Waals surface area contributed by atoms with Gasteiger partial charge in [0.1, 0.15) is 17.1 Å². The van der Waals surface area contributed by atoms with Gasteiger partial charge in [0.2, 0.25) is 0 Å². The Morgan fingerprint density at radius 3 is 2.69 bits per heavy atom. The van der Waals surface area contributed by atoms with Crippen molar-refractivity contribution in [3.8, 4) is 0 Å². The molecule has 1 aromatic carbocycles. The summed E-state index contributed by atoms with van der Waals surface area (Å²) < 4.78 is 25.1. The zero-order chi connectivity index (χ0) is 19.7. The quantitative estimate of drug-likeness (QED) is 0.594. The lowest BCUT2D eigenvalue weighted by atomic mass is 10.1. The first-order valence-electron chi connectivity index (χ1n) is 8.20. The van der Waals surface area contributed by atoms with E-state index in [4.69, 9.17) is 9.47 Å². The van der Waals surface area contributed by atoms with Crippen molar-refractivity contribution in [3.63, 3.8) is 0 Å². The lowest BCUT2D eigenvalue weighted by Crippen LogP contribution is -2.49. The van der Waals surface area contributed by atoms with E-state index in [-0.39, 0.29) is 17.9 Å². The Balaban J connectivity index is 2.32. The summed E-state index contributed by atoms with van der Waals surface area (Å²) in [7, 11) is 0. The normalized spacial score (nSPS) is 19.8. The smallest absolute Gasteiger partial charge is 0.413 e. The fraction of sp³-hybridized carbons (Fsp3) is 0.500. The molecule has 0 aromatic heterocycles. The van der Waals surface area contributed by atoms with E-state index in [9.17, 15) is 19.3 Å². The predicted molar refractivity (Wildman–Crippen MR) is 94.0 cm³/mol. The van der Waals surface area contributed by atoms with Crippen LogP contribution in [0.25, 0.3) is 6.08 Å². The molecule has 1 unspecified atom stereocenters. The molecule has 1 fully saturated rings. The van der Waals surface area contributed by atoms with Crippen molar-refractivity contribution >= 4 is 17.9 Å². The molecule has 1 saturated heterocycles. The van der Waals surface area contributed by atoms with Gasteiger partial charge in [-0.1, -0.05) is 12.1 Å². The van der Waals surface area contributed by atoms with Crippen molar-refractivity contribution in [2.45, 2.75) is 52.0 Å². The monoisotopic (exact) mass is 366 g/mol. The average Bonchev–Trinajstić information content (AvgIpc) is 2.78. The molecule has 0 N–H and O–H groups in total. The fourth-order valence-electron chi connectivity index (χ4n) is 2.70. The second-order valence-corrected chi connectivity index (χ2v) is 7.46. The number of carbonyl (C=O) groups is 1. The molecule has 1 aliphatic rings. The number of hydrogen-bond donors (Lipinski definition) is 0. The summed E-state index contributed by atoms with van der Waals surface area (Å²) in [5.74, 6) is -0.711. The van der Waals surface area contributed by atoms with E-state index in [1.165, 1.54) is 29.2 Å². The summed E-state index contributed by atoms with van der Waals surface area (Å²) in [6.45, 7) is 8.87. The highest BCUT2D eigenvalue weighted by atomic mass is 19.1. The zero-order valence-electron chi connectivity index (χ0n) is 15.5. The van der Waals surface area contributed by atoms with Crippen molar-refractivity contribution in [2.24, 2.45) is 0 Å². The third kappa shape index (κ3) is 4.37. The number of amides is 1. The number of ether oxygens (including phenoxy) is 2. The van der Waals surface area contributed by atoms with Crippen molar-refractivity contribution in [2.75, 3.05) is 6.61 Å². The number of hydrogen-bond acceptors (Lipinski definition) is 5. The minimum atomic E-state index is -0.918. The van der Waals surface area contributed by atoms with Gasteiger partial charge in [-0.2, -0.15) is 0 Å². The maximum atomic E-state index is 14.0. The van der Waals surface area contributed by atoms with Gasteiger partial charge in [0.25, 0.3) is 5.69 Å². The molecule has 1 atom stereocenters. The second kappa shape index (κ2) is 7.03. The summed E-state index contributed by atoms with van der Waals surface area (Å²) in [5, 5.41) is 11.1. The van der Waals surface area contributed by atoms with Gasteiger partial charge in [-0.25, -0.2) is 9.18 Å². The maximum Gasteiger partial charge on any atom is 0.413 e. The van der Waals surface area contributed by atoms with E-state index in [1.807, 2.05) is 0 Å². The molecule has 0 bridgehead atoms. The van der Waals surface area contributed by atoms with Crippen LogP contribution in [0, 0.1) is 15.9 Å². The largest absolute Gasteiger partial charge is 0.444 e. The minimum Gasteiger partial charge on any atom is -0.444 e. The van der Waals surface area contributed by atoms with Crippen molar-refractivity contribution in [1.29, 1.82) is 0 Å². The van der Waals surface area contributed by atoms with Crippen LogP contribution in [-0.4, -0.2) is 39.9 Å². The van der Waals surface area contributed by atoms with Crippen molar-refractivity contribution in [1.82, 2.24) is 4.90 Å². The molecule has 1 amide bonds. The molecule has 0 radical (unpaired) electrons. The van der Waals surface area contributed by atoms with Crippen molar-refractivity contribution in [3.05, 3.63) is 45.8 Å². The van der Waals surface area contributed by atoms with E-state index in [0.717, 1.165) is 6.07 Å². The van der Waals surface area contributed by atoms with Crippen LogP contribution >= 0.6 is 0 Å². The number of halogens is 1. The number of benzene rings is 1. The minimum absolute atomic E-state index is 0.147. The molecule has 7 nitrogen and oxygen atoms in total. The summed E-state index contributed by atoms with van der Waals surface area (Å²) >= 11 is 0. The Labute approximate surface area is 151 Å². The lowest BCUT2D eigenvalue weighted by molar-refractivity contribution is -0.385. The Hall–Kier alpha value is -2.48. The van der Waals surface area contributed by atoms with Crippen LogP contribution in [0.3, 0.4) is 0 Å². The number of rotatable bonds is 3. The molecule has 0 spiro atoms. The Morgan fingerprint density at radius 2 is 2.12 bits per heavy atom. The summed E-state index contributed by atoms with van der Waals surface area (Å²) in [4.78, 5) is 24.4. The molecule has 0 saturated carbocycles. The van der Waals surface area contributed by atoms with Gasteiger partial charge in [0.15, 0.2) is 0 Å². The number of nitro benzene ring substituents is 1. The molecule has 8 heteroatoms. The molecule has 1 aromatic rings. The topological polar surface area (TPSA) is 81.9 Å². The Bertz CT molecular complexity index is 740. The highest BCUT2D eigenvalue weighted by Gasteiger charge is 2.44. The fourth-order valence-corrected chi connectivity index (χ4v) is 2.70. The average molecular weight is 366 g/mol. The molecule has 2 rings (SSSR count). The molecule has 26 heavy (non-hydrogen) atoms. The third-order valence-electron chi connectivity index (χ3n) is 3.82. The van der Waals surface area contributed by atoms with Crippen LogP contribution in [0.15, 0.2) is 24.3 Å². The second-order valence-electron chi connectivity index (χ2n) is 7.46. The zero-order valence-corrected chi connectivity index (χ0v) is 15.5. The Morgan fingerprint density at radius 1 is 1.46 bits per heavy atom. The molecule has 0 aliphatic carbocycles.